The van der Waals surface area contributed by atoms with Gasteiger partial charge in [0.05, 0.1) is 6.54 Å². The van der Waals surface area contributed by atoms with Crippen molar-refractivity contribution in [3.8, 4) is 0 Å². The average Bonchev–Trinajstić information content (AvgIpc) is 3.20. The number of nitrogens with zero attached hydrogens (tertiary/aromatic N) is 5. The molecule has 1 atom stereocenters. The molecule has 1 saturated heterocycles. The summed E-state index contributed by atoms with van der Waals surface area (Å²) in [6, 6.07) is 0. The largest absolute Gasteiger partial charge is 0.338 e. The Morgan fingerprint density at radius 2 is 2.12 bits per heavy atom. The first-order chi connectivity index (χ1) is 12.2. The Morgan fingerprint density at radius 3 is 2.84 bits per heavy atom. The second-order valence-corrected chi connectivity index (χ2v) is 8.01. The standard InChI is InChI=1S/C19H29N5O/c1-14(2)18-21-17(25-22-18)13-23-9-4-7-16(12-23)19-20-8-10-24(19)11-15-5-3-6-15/h8,10,14-16H,3-7,9,11-13H2,1-2H3/t16-/m1/s1. The number of rotatable bonds is 6. The van der Waals surface area contributed by atoms with E-state index in [1.54, 1.807) is 0 Å². The molecule has 6 heteroatoms. The highest BCUT2D eigenvalue weighted by atomic mass is 16.5. The van der Waals surface area contributed by atoms with Crippen molar-refractivity contribution in [3.05, 3.63) is 29.9 Å². The molecule has 0 spiro atoms. The maximum absolute atomic E-state index is 5.43. The van der Waals surface area contributed by atoms with Crippen molar-refractivity contribution in [2.45, 2.75) is 70.9 Å². The molecule has 0 radical (unpaired) electrons. The smallest absolute Gasteiger partial charge is 0.240 e. The van der Waals surface area contributed by atoms with Gasteiger partial charge in [0, 0.05) is 37.3 Å². The maximum Gasteiger partial charge on any atom is 0.240 e. The summed E-state index contributed by atoms with van der Waals surface area (Å²) in [5, 5.41) is 4.08. The zero-order valence-corrected chi connectivity index (χ0v) is 15.4. The molecule has 2 aromatic heterocycles. The van der Waals surface area contributed by atoms with Crippen molar-refractivity contribution in [1.29, 1.82) is 0 Å². The van der Waals surface area contributed by atoms with Crippen LogP contribution in [0, 0.1) is 5.92 Å². The number of aromatic nitrogens is 4. The molecular formula is C19H29N5O. The molecule has 4 rings (SSSR count). The molecule has 1 aliphatic heterocycles. The third kappa shape index (κ3) is 3.78. The van der Waals surface area contributed by atoms with Crippen LogP contribution >= 0.6 is 0 Å². The predicted molar refractivity (Wildman–Crippen MR) is 95.2 cm³/mol. The van der Waals surface area contributed by atoms with Crippen LogP contribution in [0.15, 0.2) is 16.9 Å². The normalized spacial score (nSPS) is 22.4. The van der Waals surface area contributed by atoms with E-state index in [1.807, 2.05) is 6.20 Å². The molecular weight excluding hydrogens is 314 g/mol. The van der Waals surface area contributed by atoms with Gasteiger partial charge in [0.2, 0.25) is 5.89 Å². The van der Waals surface area contributed by atoms with Gasteiger partial charge in [0.25, 0.3) is 0 Å². The number of hydrogen-bond acceptors (Lipinski definition) is 5. The molecule has 1 saturated carbocycles. The summed E-state index contributed by atoms with van der Waals surface area (Å²) >= 11 is 0. The number of likely N-dealkylation sites (tertiary alicyclic amines) is 1. The van der Waals surface area contributed by atoms with Crippen molar-refractivity contribution in [3.63, 3.8) is 0 Å². The summed E-state index contributed by atoms with van der Waals surface area (Å²) in [6.45, 7) is 8.20. The SMILES string of the molecule is CC(C)c1noc(CN2CCC[C@@H](c3nccn3CC3CCC3)C2)n1. The van der Waals surface area contributed by atoms with Gasteiger partial charge in [0.1, 0.15) is 5.82 Å². The van der Waals surface area contributed by atoms with E-state index in [-0.39, 0.29) is 0 Å². The number of piperidine rings is 1. The lowest BCUT2D eigenvalue weighted by atomic mass is 9.85. The van der Waals surface area contributed by atoms with Crippen LogP contribution in [-0.2, 0) is 13.1 Å². The minimum atomic E-state index is 0.311. The number of hydrogen-bond donors (Lipinski definition) is 0. The highest BCUT2D eigenvalue weighted by Gasteiger charge is 2.27. The zero-order chi connectivity index (χ0) is 17.2. The monoisotopic (exact) mass is 343 g/mol. The molecule has 2 aromatic rings. The average molecular weight is 343 g/mol. The van der Waals surface area contributed by atoms with Crippen molar-refractivity contribution in [1.82, 2.24) is 24.6 Å². The van der Waals surface area contributed by atoms with E-state index < -0.39 is 0 Å². The quantitative estimate of drug-likeness (QED) is 0.802. The van der Waals surface area contributed by atoms with E-state index in [4.69, 9.17) is 9.51 Å². The number of imidazole rings is 1. The van der Waals surface area contributed by atoms with Gasteiger partial charge in [-0.05, 0) is 38.1 Å². The molecule has 0 amide bonds. The fraction of sp³-hybridized carbons (Fsp3) is 0.737. The Bertz CT molecular complexity index is 688. The van der Waals surface area contributed by atoms with Gasteiger partial charge in [0.15, 0.2) is 5.82 Å². The lowest BCUT2D eigenvalue weighted by molar-refractivity contribution is 0.171. The molecule has 0 unspecified atom stereocenters. The first-order valence-corrected chi connectivity index (χ1v) is 9.75. The second kappa shape index (κ2) is 7.28. The van der Waals surface area contributed by atoms with Gasteiger partial charge in [-0.2, -0.15) is 4.98 Å². The van der Waals surface area contributed by atoms with E-state index in [0.29, 0.717) is 11.8 Å². The molecule has 6 nitrogen and oxygen atoms in total. The second-order valence-electron chi connectivity index (χ2n) is 8.01. The minimum absolute atomic E-state index is 0.311. The molecule has 25 heavy (non-hydrogen) atoms. The third-order valence-corrected chi connectivity index (χ3v) is 5.66. The lowest BCUT2D eigenvalue weighted by Crippen LogP contribution is -2.35. The molecule has 3 heterocycles. The summed E-state index contributed by atoms with van der Waals surface area (Å²) in [5.41, 5.74) is 0. The van der Waals surface area contributed by atoms with Crippen LogP contribution in [0.3, 0.4) is 0 Å². The molecule has 2 fully saturated rings. The van der Waals surface area contributed by atoms with E-state index in [0.717, 1.165) is 43.8 Å². The van der Waals surface area contributed by atoms with Gasteiger partial charge >= 0.3 is 0 Å². The first kappa shape index (κ1) is 16.8. The van der Waals surface area contributed by atoms with Crippen LogP contribution in [0.2, 0.25) is 0 Å². The van der Waals surface area contributed by atoms with Gasteiger partial charge in [-0.25, -0.2) is 4.98 Å². The van der Waals surface area contributed by atoms with Crippen molar-refractivity contribution in [2.24, 2.45) is 5.92 Å². The van der Waals surface area contributed by atoms with Crippen LogP contribution in [0.5, 0.6) is 0 Å². The Hall–Kier alpha value is -1.69. The third-order valence-electron chi connectivity index (χ3n) is 5.66. The molecule has 0 N–H and O–H groups in total. The highest BCUT2D eigenvalue weighted by Crippen LogP contribution is 2.31. The summed E-state index contributed by atoms with van der Waals surface area (Å²) in [7, 11) is 0. The van der Waals surface area contributed by atoms with E-state index in [1.165, 1.54) is 37.9 Å². The first-order valence-electron chi connectivity index (χ1n) is 9.75. The van der Waals surface area contributed by atoms with E-state index >= 15 is 0 Å². The van der Waals surface area contributed by atoms with Gasteiger partial charge < -0.3 is 9.09 Å². The topological polar surface area (TPSA) is 60.0 Å². The van der Waals surface area contributed by atoms with Gasteiger partial charge in [-0.1, -0.05) is 25.4 Å². The zero-order valence-electron chi connectivity index (χ0n) is 15.4. The molecule has 136 valence electrons. The van der Waals surface area contributed by atoms with Crippen LogP contribution in [0.1, 0.15) is 75.3 Å². The van der Waals surface area contributed by atoms with Crippen molar-refractivity contribution < 1.29 is 4.52 Å². The highest BCUT2D eigenvalue weighted by molar-refractivity contribution is 5.04. The van der Waals surface area contributed by atoms with Crippen molar-refractivity contribution in [2.75, 3.05) is 13.1 Å². The summed E-state index contributed by atoms with van der Waals surface area (Å²) in [4.78, 5) is 11.7. The molecule has 0 bridgehead atoms. The molecule has 1 aliphatic carbocycles. The minimum Gasteiger partial charge on any atom is -0.338 e. The Morgan fingerprint density at radius 1 is 1.24 bits per heavy atom. The Kier molecular flexibility index (Phi) is 4.88. The van der Waals surface area contributed by atoms with E-state index in [9.17, 15) is 0 Å². The maximum atomic E-state index is 5.43. The van der Waals surface area contributed by atoms with Gasteiger partial charge in [-0.15, -0.1) is 0 Å². The van der Waals surface area contributed by atoms with Crippen molar-refractivity contribution >= 4 is 0 Å². The van der Waals surface area contributed by atoms with Crippen LogP contribution in [0.25, 0.3) is 0 Å². The lowest BCUT2D eigenvalue weighted by Gasteiger charge is -2.33. The van der Waals surface area contributed by atoms with Crippen LogP contribution < -0.4 is 0 Å². The fourth-order valence-electron chi connectivity index (χ4n) is 3.96. The summed E-state index contributed by atoms with van der Waals surface area (Å²) < 4.78 is 7.83. The Balaban J connectivity index is 1.39. The molecule has 0 aromatic carbocycles. The molecule has 2 aliphatic rings. The fourth-order valence-corrected chi connectivity index (χ4v) is 3.96. The Labute approximate surface area is 149 Å². The summed E-state index contributed by atoms with van der Waals surface area (Å²) in [6.07, 6.45) is 10.7. The van der Waals surface area contributed by atoms with Crippen LogP contribution in [0.4, 0.5) is 0 Å². The van der Waals surface area contributed by atoms with Crippen LogP contribution in [-0.4, -0.2) is 37.7 Å². The van der Waals surface area contributed by atoms with E-state index in [2.05, 4.69) is 39.7 Å². The predicted octanol–water partition coefficient (Wildman–Crippen LogP) is 3.57. The van der Waals surface area contributed by atoms with Gasteiger partial charge in [-0.3, -0.25) is 4.90 Å². The summed E-state index contributed by atoms with van der Waals surface area (Å²) in [5.74, 6) is 4.49.